The van der Waals surface area contributed by atoms with Crippen LogP contribution in [0, 0.1) is 0 Å². The molecule has 0 fully saturated rings. The molecule has 122 valence electrons. The van der Waals surface area contributed by atoms with Crippen LogP contribution in [0.4, 0.5) is 5.95 Å². The topological polar surface area (TPSA) is 139 Å². The zero-order chi connectivity index (χ0) is 16.7. The Morgan fingerprint density at radius 2 is 2.43 bits per heavy atom. The van der Waals surface area contributed by atoms with E-state index in [1.165, 1.54) is 6.07 Å². The average molecular weight is 336 g/mol. The number of aromatic amines is 1. The molecule has 0 radical (unpaired) electrons. The first-order chi connectivity index (χ1) is 11.1. The van der Waals surface area contributed by atoms with Gasteiger partial charge in [0.1, 0.15) is 0 Å². The minimum Gasteiger partial charge on any atom is -0.504 e. The predicted octanol–water partition coefficient (Wildman–Crippen LogP) is 0.932. The molecular formula is C13H16N6O3S. The monoisotopic (exact) mass is 336 g/mol. The van der Waals surface area contributed by atoms with Gasteiger partial charge in [-0.2, -0.15) is 10.1 Å². The number of carbonyl (C=O) groups is 1. The number of nitrogens with two attached hydrogens (primary N) is 1. The first-order valence-electron chi connectivity index (χ1n) is 6.67. The normalized spacial score (nSPS) is 10.8. The van der Waals surface area contributed by atoms with Gasteiger partial charge in [-0.1, -0.05) is 11.8 Å². The van der Waals surface area contributed by atoms with Crippen molar-refractivity contribution >= 4 is 29.8 Å². The number of ether oxygens (including phenoxy) is 1. The number of hydrogen-bond acceptors (Lipinski definition) is 8. The van der Waals surface area contributed by atoms with Crippen molar-refractivity contribution < 1.29 is 14.6 Å². The number of thioether (sulfide) groups is 1. The van der Waals surface area contributed by atoms with E-state index in [0.717, 1.165) is 17.3 Å². The van der Waals surface area contributed by atoms with Crippen molar-refractivity contribution in [1.82, 2.24) is 15.2 Å². The number of hydrazone groups is 1. The first kappa shape index (κ1) is 16.6. The fourth-order valence-corrected chi connectivity index (χ4v) is 2.08. The average Bonchev–Trinajstić information content (AvgIpc) is 2.96. The van der Waals surface area contributed by atoms with E-state index in [2.05, 4.69) is 25.7 Å². The lowest BCUT2D eigenvalue weighted by molar-refractivity contribution is -0.115. The van der Waals surface area contributed by atoms with Crippen LogP contribution in [0.5, 0.6) is 11.5 Å². The summed E-state index contributed by atoms with van der Waals surface area (Å²) in [4.78, 5) is 14.7. The van der Waals surface area contributed by atoms with E-state index < -0.39 is 5.91 Å². The number of phenols is 1. The maximum absolute atomic E-state index is 10.7. The summed E-state index contributed by atoms with van der Waals surface area (Å²) in [7, 11) is 0. The maximum atomic E-state index is 10.7. The maximum Gasteiger partial charge on any atom is 0.240 e. The van der Waals surface area contributed by atoms with Crippen LogP contribution in [0.25, 0.3) is 0 Å². The minimum atomic E-state index is -0.440. The Balaban J connectivity index is 1.93. The molecule has 23 heavy (non-hydrogen) atoms. The van der Waals surface area contributed by atoms with E-state index in [1.54, 1.807) is 18.3 Å². The molecule has 0 saturated carbocycles. The third kappa shape index (κ3) is 5.18. The van der Waals surface area contributed by atoms with Gasteiger partial charge in [-0.25, -0.2) is 10.5 Å². The number of benzene rings is 1. The van der Waals surface area contributed by atoms with Crippen LogP contribution in [0.3, 0.4) is 0 Å². The van der Waals surface area contributed by atoms with Crippen molar-refractivity contribution in [3.63, 3.8) is 0 Å². The molecule has 0 aliphatic carbocycles. The lowest BCUT2D eigenvalue weighted by Crippen LogP contribution is -2.13. The SMILES string of the molecule is CCOc1cc(/C=N/Nc2nc(SCC(N)=O)n[nH]2)ccc1O. The molecule has 0 aliphatic rings. The fourth-order valence-electron chi connectivity index (χ4n) is 1.55. The number of amides is 1. The van der Waals surface area contributed by atoms with Crippen molar-refractivity contribution in [3.8, 4) is 11.5 Å². The second-order valence-corrected chi connectivity index (χ2v) is 5.19. The molecule has 10 heteroatoms. The highest BCUT2D eigenvalue weighted by Gasteiger charge is 2.05. The lowest BCUT2D eigenvalue weighted by atomic mass is 10.2. The molecule has 2 aromatic rings. The molecule has 5 N–H and O–H groups in total. The van der Waals surface area contributed by atoms with Gasteiger partial charge in [0.2, 0.25) is 17.0 Å². The quantitative estimate of drug-likeness (QED) is 0.319. The molecule has 2 rings (SSSR count). The molecule has 1 aromatic carbocycles. The summed E-state index contributed by atoms with van der Waals surface area (Å²) in [6.07, 6.45) is 1.54. The van der Waals surface area contributed by atoms with Gasteiger partial charge in [0.25, 0.3) is 0 Å². The molecule has 0 atom stereocenters. The predicted molar refractivity (Wildman–Crippen MR) is 86.8 cm³/mol. The number of carbonyl (C=O) groups excluding carboxylic acids is 1. The van der Waals surface area contributed by atoms with Crippen LogP contribution in [0.15, 0.2) is 28.5 Å². The number of nitrogens with one attached hydrogen (secondary N) is 2. The lowest BCUT2D eigenvalue weighted by Gasteiger charge is -2.05. The molecule has 0 unspecified atom stereocenters. The zero-order valence-corrected chi connectivity index (χ0v) is 13.1. The number of rotatable bonds is 8. The summed E-state index contributed by atoms with van der Waals surface area (Å²) >= 11 is 1.12. The van der Waals surface area contributed by atoms with Gasteiger partial charge in [0.15, 0.2) is 11.5 Å². The number of nitrogens with zero attached hydrogens (tertiary/aromatic N) is 3. The summed E-state index contributed by atoms with van der Waals surface area (Å²) in [5.74, 6) is 0.459. The molecule has 9 nitrogen and oxygen atoms in total. The second kappa shape index (κ2) is 8.03. The molecule has 1 heterocycles. The van der Waals surface area contributed by atoms with E-state index in [1.807, 2.05) is 6.92 Å². The van der Waals surface area contributed by atoms with Gasteiger partial charge < -0.3 is 15.6 Å². The fraction of sp³-hybridized carbons (Fsp3) is 0.231. The third-order valence-electron chi connectivity index (χ3n) is 2.48. The van der Waals surface area contributed by atoms with Gasteiger partial charge in [-0.3, -0.25) is 4.79 Å². The zero-order valence-electron chi connectivity index (χ0n) is 12.3. The Kier molecular flexibility index (Phi) is 5.80. The highest BCUT2D eigenvalue weighted by Crippen LogP contribution is 2.26. The highest BCUT2D eigenvalue weighted by atomic mass is 32.2. The molecule has 1 aromatic heterocycles. The van der Waals surface area contributed by atoms with Crippen LogP contribution >= 0.6 is 11.8 Å². The number of anilines is 1. The number of H-pyrrole nitrogens is 1. The van der Waals surface area contributed by atoms with Gasteiger partial charge >= 0.3 is 0 Å². The van der Waals surface area contributed by atoms with Crippen LogP contribution in [-0.2, 0) is 4.79 Å². The Labute approximate surface area is 136 Å². The number of primary amides is 1. The standard InChI is InChI=1S/C13H16N6O3S/c1-2-22-10-5-8(3-4-9(10)20)6-15-17-12-16-13(19-18-12)23-7-11(14)21/h3-6,20H,2,7H2,1H3,(H2,14,21)(H2,16,17,18,19)/b15-6+. The van der Waals surface area contributed by atoms with Crippen LogP contribution in [0.2, 0.25) is 0 Å². The number of phenolic OH excluding ortho intramolecular Hbond substituents is 1. The first-order valence-corrected chi connectivity index (χ1v) is 7.65. The number of aromatic hydroxyl groups is 1. The molecule has 1 amide bonds. The van der Waals surface area contributed by atoms with Crippen LogP contribution < -0.4 is 15.9 Å². The number of aromatic nitrogens is 3. The Hall–Kier alpha value is -2.75. The van der Waals surface area contributed by atoms with E-state index in [4.69, 9.17) is 10.5 Å². The Morgan fingerprint density at radius 3 is 3.17 bits per heavy atom. The second-order valence-electron chi connectivity index (χ2n) is 4.25. The van der Waals surface area contributed by atoms with Gasteiger partial charge in [-0.15, -0.1) is 5.10 Å². The molecule has 0 bridgehead atoms. The number of hydrogen-bond donors (Lipinski definition) is 4. The van der Waals surface area contributed by atoms with Crippen molar-refractivity contribution in [3.05, 3.63) is 23.8 Å². The largest absolute Gasteiger partial charge is 0.504 e. The van der Waals surface area contributed by atoms with Crippen molar-refractivity contribution in [2.75, 3.05) is 17.8 Å². The highest BCUT2D eigenvalue weighted by molar-refractivity contribution is 7.99. The Morgan fingerprint density at radius 1 is 1.61 bits per heavy atom. The van der Waals surface area contributed by atoms with Crippen LogP contribution in [-0.4, -0.2) is 44.8 Å². The molecule has 0 aliphatic heterocycles. The van der Waals surface area contributed by atoms with Crippen LogP contribution in [0.1, 0.15) is 12.5 Å². The van der Waals surface area contributed by atoms with E-state index in [-0.39, 0.29) is 11.5 Å². The summed E-state index contributed by atoms with van der Waals surface area (Å²) in [6, 6.07) is 4.88. The molecule has 0 saturated heterocycles. The third-order valence-corrected chi connectivity index (χ3v) is 3.35. The van der Waals surface area contributed by atoms with E-state index >= 15 is 0 Å². The van der Waals surface area contributed by atoms with Gasteiger partial charge in [0.05, 0.1) is 18.6 Å². The van der Waals surface area contributed by atoms with Crippen molar-refractivity contribution in [1.29, 1.82) is 0 Å². The summed E-state index contributed by atoms with van der Waals surface area (Å²) < 4.78 is 5.29. The Bertz CT molecular complexity index is 703. The van der Waals surface area contributed by atoms with Gasteiger partial charge in [-0.05, 0) is 30.7 Å². The van der Waals surface area contributed by atoms with E-state index in [9.17, 15) is 9.90 Å². The summed E-state index contributed by atoms with van der Waals surface area (Å²) in [5, 5.41) is 20.5. The molecule has 0 spiro atoms. The van der Waals surface area contributed by atoms with Crippen molar-refractivity contribution in [2.45, 2.75) is 12.1 Å². The van der Waals surface area contributed by atoms with Gasteiger partial charge in [0, 0.05) is 0 Å². The smallest absolute Gasteiger partial charge is 0.240 e. The minimum absolute atomic E-state index is 0.0725. The summed E-state index contributed by atoms with van der Waals surface area (Å²) in [6.45, 7) is 2.29. The van der Waals surface area contributed by atoms with E-state index in [0.29, 0.717) is 23.5 Å². The van der Waals surface area contributed by atoms with Crippen molar-refractivity contribution in [2.24, 2.45) is 10.8 Å². The molecular weight excluding hydrogens is 320 g/mol. The summed E-state index contributed by atoms with van der Waals surface area (Å²) in [5.41, 5.74) is 8.46.